The first kappa shape index (κ1) is 27.0. The van der Waals surface area contributed by atoms with Crippen molar-refractivity contribution in [3.63, 3.8) is 0 Å². The lowest BCUT2D eigenvalue weighted by atomic mass is 9.94. The zero-order valence-corrected chi connectivity index (χ0v) is 21.6. The summed E-state index contributed by atoms with van der Waals surface area (Å²) in [5, 5.41) is 11.3. The fourth-order valence-electron chi connectivity index (χ4n) is 4.42. The minimum Gasteiger partial charge on any atom is -0.507 e. The molecule has 0 bridgehead atoms. The number of rotatable bonds is 12. The number of aliphatic hydroxyl groups excluding tert-OH is 1. The summed E-state index contributed by atoms with van der Waals surface area (Å²) in [5.74, 6) is -0.123. The quantitative estimate of drug-likeness (QED) is 0.200. The molecule has 7 nitrogen and oxygen atoms in total. The molecular formula is C29H36N2O5. The zero-order chi connectivity index (χ0) is 26.2. The van der Waals surface area contributed by atoms with Crippen molar-refractivity contribution in [1.29, 1.82) is 0 Å². The molecule has 2 aromatic carbocycles. The average Bonchev–Trinajstić information content (AvgIpc) is 3.14. The highest BCUT2D eigenvalue weighted by Crippen LogP contribution is 2.40. The fourth-order valence-corrected chi connectivity index (χ4v) is 4.42. The van der Waals surface area contributed by atoms with Crippen LogP contribution in [0.2, 0.25) is 0 Å². The van der Waals surface area contributed by atoms with Gasteiger partial charge in [-0.2, -0.15) is 0 Å². The van der Waals surface area contributed by atoms with E-state index >= 15 is 0 Å². The second kappa shape index (κ2) is 12.4. The lowest BCUT2D eigenvalue weighted by molar-refractivity contribution is -0.140. The van der Waals surface area contributed by atoms with Gasteiger partial charge in [-0.1, -0.05) is 38.6 Å². The molecule has 0 spiro atoms. The van der Waals surface area contributed by atoms with Crippen molar-refractivity contribution >= 4 is 17.4 Å². The third-order valence-corrected chi connectivity index (χ3v) is 6.40. The van der Waals surface area contributed by atoms with E-state index in [9.17, 15) is 14.7 Å². The van der Waals surface area contributed by atoms with E-state index in [2.05, 4.69) is 25.3 Å². The molecule has 0 aliphatic carbocycles. The number of hydrogen-bond donors (Lipinski definition) is 1. The number of Topliss-reactive ketones (excluding diaryl/α,β-unsaturated/α-hetero) is 1. The molecule has 0 saturated carbocycles. The largest absolute Gasteiger partial charge is 0.507 e. The molecule has 3 rings (SSSR count). The van der Waals surface area contributed by atoms with E-state index in [4.69, 9.17) is 9.47 Å². The van der Waals surface area contributed by atoms with Gasteiger partial charge in [-0.3, -0.25) is 9.59 Å². The fraction of sp³-hybridized carbons (Fsp3) is 0.379. The smallest absolute Gasteiger partial charge is 0.295 e. The third kappa shape index (κ3) is 5.79. The first-order valence-electron chi connectivity index (χ1n) is 12.4. The van der Waals surface area contributed by atoms with E-state index in [-0.39, 0.29) is 11.3 Å². The van der Waals surface area contributed by atoms with Gasteiger partial charge in [-0.05, 0) is 68.4 Å². The number of likely N-dealkylation sites (N-methyl/N-ethyl adjacent to an activating group) is 1. The summed E-state index contributed by atoms with van der Waals surface area (Å²) >= 11 is 0. The summed E-state index contributed by atoms with van der Waals surface area (Å²) in [5.41, 5.74) is 2.11. The molecule has 1 amide bonds. The van der Waals surface area contributed by atoms with Crippen LogP contribution in [-0.2, 0) is 9.59 Å². The molecule has 1 aliphatic heterocycles. The molecule has 192 valence electrons. The van der Waals surface area contributed by atoms with Crippen molar-refractivity contribution in [3.05, 3.63) is 77.4 Å². The maximum atomic E-state index is 13.3. The van der Waals surface area contributed by atoms with Crippen molar-refractivity contribution in [1.82, 2.24) is 9.80 Å². The van der Waals surface area contributed by atoms with Crippen molar-refractivity contribution in [2.75, 3.05) is 39.4 Å². The Morgan fingerprint density at radius 1 is 1.08 bits per heavy atom. The summed E-state index contributed by atoms with van der Waals surface area (Å²) in [7, 11) is 0. The zero-order valence-electron chi connectivity index (χ0n) is 21.6. The number of ketones is 1. The number of carbonyl (C=O) groups excluding carboxylic acids is 2. The third-order valence-electron chi connectivity index (χ3n) is 6.40. The van der Waals surface area contributed by atoms with E-state index in [1.54, 1.807) is 41.3 Å². The Kier molecular flexibility index (Phi) is 9.31. The molecule has 7 heteroatoms. The maximum absolute atomic E-state index is 13.3. The first-order chi connectivity index (χ1) is 17.4. The average molecular weight is 493 g/mol. The molecule has 0 radical (unpaired) electrons. The molecule has 1 saturated heterocycles. The Hall–Kier alpha value is -3.58. The van der Waals surface area contributed by atoms with Crippen molar-refractivity contribution in [3.8, 4) is 11.5 Å². The van der Waals surface area contributed by atoms with Crippen LogP contribution >= 0.6 is 0 Å². The van der Waals surface area contributed by atoms with Gasteiger partial charge in [0.05, 0.1) is 18.2 Å². The van der Waals surface area contributed by atoms with Gasteiger partial charge in [-0.15, -0.1) is 0 Å². The standard InChI is InChI=1S/C29H36N2O5/c1-6-18-36-23-13-10-21(11-14-23)26-25(27(32)22-12-15-24(35-9-4)20(5)19-22)28(33)29(34)31(26)17-16-30(7-2)8-3/h6,10-15,19,26,32H,1,7-9,16-18H2,2-5H3/t26-/m1/s1. The van der Waals surface area contributed by atoms with Gasteiger partial charge in [0.2, 0.25) is 0 Å². The number of ether oxygens (including phenoxy) is 2. The first-order valence-corrected chi connectivity index (χ1v) is 12.4. The van der Waals surface area contributed by atoms with Crippen molar-refractivity contribution in [2.45, 2.75) is 33.7 Å². The Morgan fingerprint density at radius 2 is 1.78 bits per heavy atom. The number of aliphatic hydroxyl groups is 1. The maximum Gasteiger partial charge on any atom is 0.295 e. The molecule has 1 heterocycles. The number of benzene rings is 2. The Labute approximate surface area is 213 Å². The van der Waals surface area contributed by atoms with Crippen LogP contribution in [0.3, 0.4) is 0 Å². The summed E-state index contributed by atoms with van der Waals surface area (Å²) in [6, 6.07) is 11.8. The summed E-state index contributed by atoms with van der Waals surface area (Å²) in [6.45, 7) is 15.1. The lowest BCUT2D eigenvalue weighted by Gasteiger charge is -2.28. The van der Waals surface area contributed by atoms with Gasteiger partial charge in [0.1, 0.15) is 23.9 Å². The van der Waals surface area contributed by atoms with Crippen LogP contribution in [0.25, 0.3) is 5.76 Å². The lowest BCUT2D eigenvalue weighted by Crippen LogP contribution is -2.38. The van der Waals surface area contributed by atoms with Gasteiger partial charge >= 0.3 is 0 Å². The van der Waals surface area contributed by atoms with Crippen molar-refractivity contribution < 1.29 is 24.2 Å². The van der Waals surface area contributed by atoms with Crippen LogP contribution in [0.5, 0.6) is 11.5 Å². The number of carbonyl (C=O) groups is 2. The van der Waals surface area contributed by atoms with Gasteiger partial charge in [0, 0.05) is 18.7 Å². The molecule has 1 N–H and O–H groups in total. The van der Waals surface area contributed by atoms with Crippen LogP contribution < -0.4 is 9.47 Å². The minimum atomic E-state index is -0.708. The summed E-state index contributed by atoms with van der Waals surface area (Å²) in [6.07, 6.45) is 1.66. The molecule has 1 atom stereocenters. The van der Waals surface area contributed by atoms with E-state index in [1.807, 2.05) is 26.0 Å². The molecule has 2 aromatic rings. The number of amides is 1. The highest BCUT2D eigenvalue weighted by atomic mass is 16.5. The van der Waals surface area contributed by atoms with Gasteiger partial charge in [0.15, 0.2) is 0 Å². The molecule has 0 aromatic heterocycles. The Morgan fingerprint density at radius 3 is 2.36 bits per heavy atom. The van der Waals surface area contributed by atoms with Crippen LogP contribution in [-0.4, -0.2) is 66.0 Å². The van der Waals surface area contributed by atoms with Gasteiger partial charge in [-0.25, -0.2) is 0 Å². The monoisotopic (exact) mass is 492 g/mol. The van der Waals surface area contributed by atoms with E-state index < -0.39 is 17.7 Å². The highest BCUT2D eigenvalue weighted by molar-refractivity contribution is 6.46. The normalized spacial score (nSPS) is 17.0. The van der Waals surface area contributed by atoms with E-state index in [1.165, 1.54) is 0 Å². The summed E-state index contributed by atoms with van der Waals surface area (Å²) < 4.78 is 11.2. The van der Waals surface area contributed by atoms with Crippen LogP contribution in [0.4, 0.5) is 0 Å². The van der Waals surface area contributed by atoms with Crippen LogP contribution in [0, 0.1) is 6.92 Å². The van der Waals surface area contributed by atoms with Crippen molar-refractivity contribution in [2.24, 2.45) is 0 Å². The predicted molar refractivity (Wildman–Crippen MR) is 141 cm³/mol. The van der Waals surface area contributed by atoms with Crippen LogP contribution in [0.15, 0.2) is 60.7 Å². The molecule has 0 unspecified atom stereocenters. The number of hydrogen-bond acceptors (Lipinski definition) is 6. The van der Waals surface area contributed by atoms with Gasteiger partial charge < -0.3 is 24.4 Å². The second-order valence-corrected chi connectivity index (χ2v) is 8.60. The number of nitrogens with zero attached hydrogens (tertiary/aromatic N) is 2. The molecule has 1 aliphatic rings. The molecule has 36 heavy (non-hydrogen) atoms. The molecule has 1 fully saturated rings. The molecular weight excluding hydrogens is 456 g/mol. The Balaban J connectivity index is 2.07. The van der Waals surface area contributed by atoms with Gasteiger partial charge in [0.25, 0.3) is 11.7 Å². The second-order valence-electron chi connectivity index (χ2n) is 8.60. The predicted octanol–water partition coefficient (Wildman–Crippen LogP) is 4.72. The minimum absolute atomic E-state index is 0.0860. The summed E-state index contributed by atoms with van der Waals surface area (Å²) in [4.78, 5) is 30.2. The number of aryl methyl sites for hydroxylation is 1. The Bertz CT molecular complexity index is 1120. The number of likely N-dealkylation sites (tertiary alicyclic amines) is 1. The SMILES string of the molecule is C=CCOc1ccc([C@@H]2C(=C(O)c3ccc(OCC)c(C)c3)C(=O)C(=O)N2CCN(CC)CC)cc1. The highest BCUT2D eigenvalue weighted by Gasteiger charge is 2.46. The van der Waals surface area contributed by atoms with E-state index in [0.717, 1.165) is 24.2 Å². The van der Waals surface area contributed by atoms with Crippen LogP contribution in [0.1, 0.15) is 43.5 Å². The van der Waals surface area contributed by atoms with E-state index in [0.29, 0.717) is 43.4 Å². The topological polar surface area (TPSA) is 79.3 Å².